The number of fused-ring (bicyclic) bond motifs is 3. The number of aryl methyl sites for hydroxylation is 2. The van der Waals surface area contributed by atoms with Crippen molar-refractivity contribution in [1.29, 1.82) is 0 Å². The minimum Gasteiger partial charge on any atom is -0.368 e. The summed E-state index contributed by atoms with van der Waals surface area (Å²) in [5.41, 5.74) is 14.1. The van der Waals surface area contributed by atoms with Gasteiger partial charge < -0.3 is 5.73 Å². The Hall–Kier alpha value is -4.16. The molecule has 2 heterocycles. The molecule has 0 radical (unpaired) electrons. The molecule has 2 N–H and O–H groups in total. The van der Waals surface area contributed by atoms with Crippen LogP contribution in [0.5, 0.6) is 0 Å². The Labute approximate surface area is 201 Å². The van der Waals surface area contributed by atoms with Crippen molar-refractivity contribution in [3.63, 3.8) is 0 Å². The van der Waals surface area contributed by atoms with Crippen molar-refractivity contribution in [3.05, 3.63) is 95.2 Å². The van der Waals surface area contributed by atoms with E-state index in [1.54, 1.807) is 11.3 Å². The van der Waals surface area contributed by atoms with Crippen LogP contribution in [0.15, 0.2) is 72.8 Å². The highest BCUT2D eigenvalue weighted by molar-refractivity contribution is 7.18. The number of nitrogens with two attached hydrogens (primary N) is 1. The quantitative estimate of drug-likeness (QED) is 0.333. The van der Waals surface area contributed by atoms with Crippen LogP contribution in [0.4, 0.5) is 5.95 Å². The third kappa shape index (κ3) is 3.15. The Morgan fingerprint density at radius 1 is 0.706 bits per heavy atom. The number of nitrogens with zero attached hydrogens (tertiary/aromatic N) is 3. The summed E-state index contributed by atoms with van der Waals surface area (Å²) in [7, 11) is 0. The first kappa shape index (κ1) is 20.4. The normalized spacial score (nSPS) is 12.0. The monoisotopic (exact) mass is 460 g/mol. The minimum atomic E-state index is -0.0760. The molecule has 6 rings (SSSR count). The number of aromatic nitrogens is 3. The van der Waals surface area contributed by atoms with E-state index in [-0.39, 0.29) is 11.7 Å². The van der Waals surface area contributed by atoms with E-state index in [2.05, 4.69) is 22.1 Å². The van der Waals surface area contributed by atoms with E-state index < -0.39 is 0 Å². The molecule has 0 amide bonds. The van der Waals surface area contributed by atoms with Crippen LogP contribution in [0.25, 0.3) is 43.5 Å². The number of rotatable bonds is 3. The largest absolute Gasteiger partial charge is 0.368 e. The number of carbonyl (C=O) groups excluding carboxylic acids is 1. The molecule has 164 valence electrons. The predicted octanol–water partition coefficient (Wildman–Crippen LogP) is 6.34. The average molecular weight is 461 g/mol. The van der Waals surface area contributed by atoms with Crippen LogP contribution in [-0.2, 0) is 0 Å². The topological polar surface area (TPSA) is 81.8 Å². The summed E-state index contributed by atoms with van der Waals surface area (Å²) in [6, 6.07) is 23.9. The highest BCUT2D eigenvalue weighted by Crippen LogP contribution is 2.47. The molecular formula is C28H20N4OS. The zero-order valence-corrected chi connectivity index (χ0v) is 19.5. The lowest BCUT2D eigenvalue weighted by molar-refractivity contribution is 0.104. The molecule has 1 aliphatic rings. The van der Waals surface area contributed by atoms with Crippen LogP contribution < -0.4 is 5.73 Å². The van der Waals surface area contributed by atoms with E-state index in [1.807, 2.05) is 74.5 Å². The average Bonchev–Trinajstić information content (AvgIpc) is 3.37. The fourth-order valence-corrected chi connectivity index (χ4v) is 5.57. The smallest absolute Gasteiger partial charge is 0.221 e. The molecule has 6 heteroatoms. The number of thiazole rings is 1. The van der Waals surface area contributed by atoms with Crippen LogP contribution >= 0.6 is 11.3 Å². The van der Waals surface area contributed by atoms with Gasteiger partial charge in [0, 0.05) is 27.8 Å². The summed E-state index contributed by atoms with van der Waals surface area (Å²) < 4.78 is 0. The van der Waals surface area contributed by atoms with E-state index in [4.69, 9.17) is 10.7 Å². The number of hydrogen-bond donors (Lipinski definition) is 1. The van der Waals surface area contributed by atoms with Gasteiger partial charge in [-0.2, -0.15) is 0 Å². The summed E-state index contributed by atoms with van der Waals surface area (Å²) in [4.78, 5) is 28.5. The van der Waals surface area contributed by atoms with Crippen LogP contribution in [0.3, 0.4) is 0 Å². The highest BCUT2D eigenvalue weighted by atomic mass is 32.1. The zero-order chi connectivity index (χ0) is 23.4. The molecule has 0 aliphatic heterocycles. The molecule has 5 nitrogen and oxygen atoms in total. The van der Waals surface area contributed by atoms with Crippen LogP contribution in [0, 0.1) is 13.8 Å². The summed E-state index contributed by atoms with van der Waals surface area (Å²) in [6.45, 7) is 4.03. The Bertz CT molecular complexity index is 1590. The first-order chi connectivity index (χ1) is 16.5. The standard InChI is InChI=1S/C28H20N4OS/c1-15-11-13-17(14-12-15)23-22-24(32-28(29)31-23)21-19(25(22)33)9-6-10-20(21)26-16(2)30-27(34-26)18-7-4-3-5-8-18/h3-14H,1-2H3,(H2,29,31,32). The lowest BCUT2D eigenvalue weighted by atomic mass is 10.0. The van der Waals surface area contributed by atoms with Crippen molar-refractivity contribution >= 4 is 23.1 Å². The Morgan fingerprint density at radius 2 is 1.41 bits per heavy atom. The summed E-state index contributed by atoms with van der Waals surface area (Å²) in [5.74, 6) is 0.0728. The predicted molar refractivity (Wildman–Crippen MR) is 137 cm³/mol. The lowest BCUT2D eigenvalue weighted by Crippen LogP contribution is -2.05. The molecule has 0 saturated carbocycles. The highest BCUT2D eigenvalue weighted by Gasteiger charge is 2.35. The van der Waals surface area contributed by atoms with Crippen LogP contribution in [0.1, 0.15) is 27.2 Å². The maximum Gasteiger partial charge on any atom is 0.221 e. The molecule has 3 aromatic carbocycles. The van der Waals surface area contributed by atoms with Crippen LogP contribution in [-0.4, -0.2) is 20.7 Å². The number of carbonyl (C=O) groups is 1. The number of anilines is 1. The molecule has 2 aromatic heterocycles. The van der Waals surface area contributed by atoms with Crippen molar-refractivity contribution in [2.24, 2.45) is 0 Å². The van der Waals surface area contributed by atoms with Gasteiger partial charge in [0.05, 0.1) is 27.5 Å². The second-order valence-corrected chi connectivity index (χ2v) is 9.38. The Balaban J connectivity index is 1.58. The minimum absolute atomic E-state index is 0.0760. The van der Waals surface area contributed by atoms with Crippen molar-refractivity contribution in [2.75, 3.05) is 5.73 Å². The molecule has 5 aromatic rings. The van der Waals surface area contributed by atoms with Gasteiger partial charge >= 0.3 is 0 Å². The maximum atomic E-state index is 13.6. The third-order valence-electron chi connectivity index (χ3n) is 6.09. The second kappa shape index (κ2) is 7.71. The molecule has 0 fully saturated rings. The van der Waals surface area contributed by atoms with E-state index >= 15 is 0 Å². The van der Waals surface area contributed by atoms with Gasteiger partial charge in [0.15, 0.2) is 5.78 Å². The first-order valence-corrected chi connectivity index (χ1v) is 11.8. The van der Waals surface area contributed by atoms with Gasteiger partial charge in [-0.1, -0.05) is 78.4 Å². The van der Waals surface area contributed by atoms with Crippen LogP contribution in [0.2, 0.25) is 0 Å². The van der Waals surface area contributed by atoms with Crippen molar-refractivity contribution in [1.82, 2.24) is 15.0 Å². The van der Waals surface area contributed by atoms with E-state index in [0.29, 0.717) is 22.5 Å². The van der Waals surface area contributed by atoms with Gasteiger partial charge in [0.2, 0.25) is 5.95 Å². The molecule has 0 bridgehead atoms. The van der Waals surface area contributed by atoms with Gasteiger partial charge in [-0.15, -0.1) is 11.3 Å². The number of benzene rings is 3. The Kier molecular flexibility index (Phi) is 4.64. The molecule has 0 saturated heterocycles. The molecule has 0 unspecified atom stereocenters. The lowest BCUT2D eigenvalue weighted by Gasteiger charge is -2.10. The van der Waals surface area contributed by atoms with E-state index in [0.717, 1.165) is 43.4 Å². The zero-order valence-electron chi connectivity index (χ0n) is 18.7. The van der Waals surface area contributed by atoms with E-state index in [9.17, 15) is 4.79 Å². The van der Waals surface area contributed by atoms with Gasteiger partial charge in [-0.05, 0) is 13.8 Å². The maximum absolute atomic E-state index is 13.6. The molecule has 0 spiro atoms. The summed E-state index contributed by atoms with van der Waals surface area (Å²) in [6.07, 6.45) is 0. The molecule has 1 aliphatic carbocycles. The Morgan fingerprint density at radius 3 is 2.18 bits per heavy atom. The van der Waals surface area contributed by atoms with Crippen molar-refractivity contribution in [2.45, 2.75) is 13.8 Å². The fourth-order valence-electron chi connectivity index (χ4n) is 4.47. The first-order valence-electron chi connectivity index (χ1n) is 11.0. The summed E-state index contributed by atoms with van der Waals surface area (Å²) in [5, 5.41) is 0.942. The van der Waals surface area contributed by atoms with Gasteiger partial charge in [-0.25, -0.2) is 15.0 Å². The molecular weight excluding hydrogens is 440 g/mol. The second-order valence-electron chi connectivity index (χ2n) is 8.38. The third-order valence-corrected chi connectivity index (χ3v) is 7.33. The number of nitrogen functional groups attached to an aromatic ring is 1. The fraction of sp³-hybridized carbons (Fsp3) is 0.0714. The summed E-state index contributed by atoms with van der Waals surface area (Å²) >= 11 is 1.62. The molecule has 0 atom stereocenters. The van der Waals surface area contributed by atoms with Gasteiger partial charge in [0.1, 0.15) is 5.01 Å². The van der Waals surface area contributed by atoms with Gasteiger partial charge in [-0.3, -0.25) is 4.79 Å². The van der Waals surface area contributed by atoms with E-state index in [1.165, 1.54) is 0 Å². The van der Waals surface area contributed by atoms with Gasteiger partial charge in [0.25, 0.3) is 0 Å². The number of ketones is 1. The molecule has 34 heavy (non-hydrogen) atoms. The number of hydrogen-bond acceptors (Lipinski definition) is 6. The van der Waals surface area contributed by atoms with Crippen molar-refractivity contribution in [3.8, 4) is 43.5 Å². The SMILES string of the molecule is Cc1ccc(-c2nc(N)nc3c2C(=O)c2cccc(-c4sc(-c5ccccc5)nc4C)c2-3)cc1. The van der Waals surface area contributed by atoms with Crippen molar-refractivity contribution < 1.29 is 4.79 Å².